The fraction of sp³-hybridized carbons (Fsp3) is 0.400. The topological polar surface area (TPSA) is 17.1 Å². The Balaban J connectivity index is 2.20. The molecule has 0 amide bonds. The summed E-state index contributed by atoms with van der Waals surface area (Å²) in [6, 6.07) is 10.9. The van der Waals surface area contributed by atoms with Crippen molar-refractivity contribution in [1.82, 2.24) is 0 Å². The molecule has 0 saturated heterocycles. The van der Waals surface area contributed by atoms with Crippen molar-refractivity contribution in [2.45, 2.75) is 51.5 Å². The highest BCUT2D eigenvalue weighted by Gasteiger charge is 2.17. The predicted molar refractivity (Wildman–Crippen MR) is 96.6 cm³/mol. The zero-order chi connectivity index (χ0) is 17.2. The van der Waals surface area contributed by atoms with E-state index in [1.807, 2.05) is 0 Å². The average molecular weight is 332 g/mol. The summed E-state index contributed by atoms with van der Waals surface area (Å²) in [4.78, 5) is 0. The fourth-order valence-corrected chi connectivity index (χ4v) is 4.12. The molecule has 0 aliphatic heterocycles. The summed E-state index contributed by atoms with van der Waals surface area (Å²) in [6.07, 6.45) is 0. The van der Waals surface area contributed by atoms with Crippen LogP contribution in [0.25, 0.3) is 0 Å². The smallest absolute Gasteiger partial charge is 0.127 e. The molecular weight excluding hydrogens is 307 g/mol. The molecule has 2 aromatic rings. The molecule has 0 aliphatic carbocycles. The third-order valence-electron chi connectivity index (χ3n) is 4.14. The number of hydrogen-bond donors (Lipinski definition) is 0. The van der Waals surface area contributed by atoms with Crippen molar-refractivity contribution in [2.24, 2.45) is 0 Å². The molecule has 0 heterocycles. The second-order valence-electron chi connectivity index (χ2n) is 7.16. The minimum absolute atomic E-state index is 0.0976. The van der Waals surface area contributed by atoms with Gasteiger partial charge in [0, 0.05) is 22.1 Å². The molecule has 0 saturated carbocycles. The summed E-state index contributed by atoms with van der Waals surface area (Å²) in [5.41, 5.74) is 5.35. The van der Waals surface area contributed by atoms with Crippen LogP contribution in [0.3, 0.4) is 0 Å². The van der Waals surface area contributed by atoms with Crippen molar-refractivity contribution in [3.63, 3.8) is 0 Å². The molecule has 3 heteroatoms. The van der Waals surface area contributed by atoms with Crippen molar-refractivity contribution in [3.05, 3.63) is 70.0 Å². The summed E-state index contributed by atoms with van der Waals surface area (Å²) in [6.45, 7) is 10.7. The van der Waals surface area contributed by atoms with Crippen LogP contribution in [0.1, 0.15) is 48.6 Å². The van der Waals surface area contributed by atoms with Crippen molar-refractivity contribution in [3.8, 4) is 0 Å². The minimum Gasteiger partial charge on any atom is -0.259 e. The Hall–Kier alpha value is -1.48. The Morgan fingerprint density at radius 1 is 1.00 bits per heavy atom. The van der Waals surface area contributed by atoms with Crippen LogP contribution in [0.4, 0.5) is 4.39 Å². The van der Waals surface area contributed by atoms with Gasteiger partial charge in [0.1, 0.15) is 5.82 Å². The van der Waals surface area contributed by atoms with Crippen molar-refractivity contribution >= 4 is 10.8 Å². The van der Waals surface area contributed by atoms with E-state index in [1.54, 1.807) is 18.2 Å². The Labute approximate surface area is 141 Å². The summed E-state index contributed by atoms with van der Waals surface area (Å²) in [5.74, 6) is 0.445. The molecule has 2 aromatic carbocycles. The second-order valence-corrected chi connectivity index (χ2v) is 8.62. The molecule has 0 radical (unpaired) electrons. The Kier molecular flexibility index (Phi) is 5.41. The summed E-state index contributed by atoms with van der Waals surface area (Å²) >= 11 is 0. The van der Waals surface area contributed by atoms with Gasteiger partial charge in [0.2, 0.25) is 0 Å². The molecule has 0 aliphatic rings. The van der Waals surface area contributed by atoms with Gasteiger partial charge in [0.15, 0.2) is 0 Å². The van der Waals surface area contributed by atoms with E-state index in [9.17, 15) is 8.60 Å². The third kappa shape index (κ3) is 4.51. The standard InChI is InChI=1S/C20H25FOS/c1-14-10-17(20(3,4)5)11-15(2)18(14)13-23(22)12-16-8-6-7-9-19(16)21/h6-11H,12-13H2,1-5H3. The van der Waals surface area contributed by atoms with Gasteiger partial charge >= 0.3 is 0 Å². The van der Waals surface area contributed by atoms with Crippen LogP contribution >= 0.6 is 0 Å². The molecular formula is C20H25FOS. The molecule has 1 unspecified atom stereocenters. The molecule has 0 fully saturated rings. The van der Waals surface area contributed by atoms with E-state index in [-0.39, 0.29) is 17.0 Å². The van der Waals surface area contributed by atoms with Gasteiger partial charge in [-0.2, -0.15) is 0 Å². The maximum Gasteiger partial charge on any atom is 0.127 e. The second kappa shape index (κ2) is 6.96. The Bertz CT molecular complexity index is 706. The average Bonchev–Trinajstić information content (AvgIpc) is 2.44. The number of aryl methyl sites for hydroxylation is 2. The Morgan fingerprint density at radius 2 is 1.57 bits per heavy atom. The van der Waals surface area contributed by atoms with Crippen LogP contribution in [0.15, 0.2) is 36.4 Å². The third-order valence-corrected chi connectivity index (χ3v) is 5.39. The van der Waals surface area contributed by atoms with Gasteiger partial charge in [-0.3, -0.25) is 4.21 Å². The first-order valence-electron chi connectivity index (χ1n) is 7.87. The largest absolute Gasteiger partial charge is 0.259 e. The van der Waals surface area contributed by atoms with E-state index in [0.29, 0.717) is 11.3 Å². The van der Waals surface area contributed by atoms with Crippen LogP contribution in [0.2, 0.25) is 0 Å². The molecule has 0 N–H and O–H groups in total. The number of rotatable bonds is 4. The quantitative estimate of drug-likeness (QED) is 0.753. The number of hydrogen-bond acceptors (Lipinski definition) is 1. The predicted octanol–water partition coefficient (Wildman–Crippen LogP) is 5.19. The normalized spacial score (nSPS) is 13.1. The van der Waals surface area contributed by atoms with Gasteiger partial charge in [-0.1, -0.05) is 51.1 Å². The van der Waals surface area contributed by atoms with E-state index in [1.165, 1.54) is 11.6 Å². The van der Waals surface area contributed by atoms with Crippen molar-refractivity contribution < 1.29 is 8.60 Å². The van der Waals surface area contributed by atoms with Gasteiger partial charge in [0.05, 0.1) is 5.75 Å². The van der Waals surface area contributed by atoms with E-state index >= 15 is 0 Å². The first-order chi connectivity index (χ1) is 10.7. The summed E-state index contributed by atoms with van der Waals surface area (Å²) in [5, 5.41) is 0. The van der Waals surface area contributed by atoms with E-state index in [4.69, 9.17) is 0 Å². The highest BCUT2D eigenvalue weighted by Crippen LogP contribution is 2.27. The zero-order valence-corrected chi connectivity index (χ0v) is 15.4. The highest BCUT2D eigenvalue weighted by atomic mass is 32.2. The highest BCUT2D eigenvalue weighted by molar-refractivity contribution is 7.83. The van der Waals surface area contributed by atoms with Crippen LogP contribution < -0.4 is 0 Å². The SMILES string of the molecule is Cc1cc(C(C)(C)C)cc(C)c1CS(=O)Cc1ccccc1F. The number of halogens is 1. The van der Waals surface area contributed by atoms with Crippen molar-refractivity contribution in [1.29, 1.82) is 0 Å². The van der Waals surface area contributed by atoms with E-state index in [0.717, 1.165) is 16.7 Å². The fourth-order valence-electron chi connectivity index (χ4n) is 2.66. The Morgan fingerprint density at radius 3 is 2.09 bits per heavy atom. The maximum atomic E-state index is 13.7. The lowest BCUT2D eigenvalue weighted by Gasteiger charge is -2.22. The van der Waals surface area contributed by atoms with Gasteiger partial charge in [0.25, 0.3) is 0 Å². The molecule has 1 atom stereocenters. The van der Waals surface area contributed by atoms with Crippen LogP contribution in [0, 0.1) is 19.7 Å². The molecule has 23 heavy (non-hydrogen) atoms. The van der Waals surface area contributed by atoms with E-state index in [2.05, 4.69) is 46.8 Å². The van der Waals surface area contributed by atoms with Crippen LogP contribution in [0.5, 0.6) is 0 Å². The zero-order valence-electron chi connectivity index (χ0n) is 14.6. The summed E-state index contributed by atoms with van der Waals surface area (Å²) < 4.78 is 26.2. The maximum absolute atomic E-state index is 13.7. The molecule has 0 bridgehead atoms. The molecule has 0 aromatic heterocycles. The molecule has 124 valence electrons. The molecule has 0 spiro atoms. The van der Waals surface area contributed by atoms with E-state index < -0.39 is 10.8 Å². The lowest BCUT2D eigenvalue weighted by atomic mass is 9.84. The van der Waals surface area contributed by atoms with Gasteiger partial charge < -0.3 is 0 Å². The van der Waals surface area contributed by atoms with Gasteiger partial charge in [-0.05, 0) is 47.6 Å². The van der Waals surface area contributed by atoms with Gasteiger partial charge in [-0.25, -0.2) is 4.39 Å². The minimum atomic E-state index is -1.12. The lowest BCUT2D eigenvalue weighted by molar-refractivity contribution is 0.589. The first-order valence-corrected chi connectivity index (χ1v) is 9.36. The lowest BCUT2D eigenvalue weighted by Crippen LogP contribution is -2.13. The van der Waals surface area contributed by atoms with Crippen molar-refractivity contribution in [2.75, 3.05) is 0 Å². The van der Waals surface area contributed by atoms with Crippen LogP contribution in [-0.4, -0.2) is 4.21 Å². The molecule has 2 rings (SSSR count). The molecule has 1 nitrogen and oxygen atoms in total. The number of benzene rings is 2. The van der Waals surface area contributed by atoms with Gasteiger partial charge in [-0.15, -0.1) is 0 Å². The summed E-state index contributed by atoms with van der Waals surface area (Å²) in [7, 11) is -1.12. The van der Waals surface area contributed by atoms with Crippen LogP contribution in [-0.2, 0) is 27.7 Å². The first kappa shape index (κ1) is 17.9. The monoisotopic (exact) mass is 332 g/mol.